The first-order chi connectivity index (χ1) is 12.8. The van der Waals surface area contributed by atoms with E-state index in [1.807, 2.05) is 13.8 Å². The van der Waals surface area contributed by atoms with Crippen molar-refractivity contribution in [3.8, 4) is 0 Å². The number of hydrogen-bond acceptors (Lipinski definition) is 6. The van der Waals surface area contributed by atoms with Crippen molar-refractivity contribution in [1.82, 2.24) is 19.4 Å². The van der Waals surface area contributed by atoms with Crippen LogP contribution < -0.4 is 9.44 Å². The lowest BCUT2D eigenvalue weighted by Crippen LogP contribution is -2.30. The van der Waals surface area contributed by atoms with Crippen molar-refractivity contribution in [2.45, 2.75) is 63.7 Å². The van der Waals surface area contributed by atoms with E-state index in [1.165, 1.54) is 24.5 Å². The van der Waals surface area contributed by atoms with E-state index in [2.05, 4.69) is 19.4 Å². The number of nitrogens with one attached hydrogen (secondary N) is 2. The van der Waals surface area contributed by atoms with E-state index in [0.29, 0.717) is 0 Å². The minimum atomic E-state index is -3.44. The van der Waals surface area contributed by atoms with Gasteiger partial charge in [-0.1, -0.05) is 12.1 Å². The smallest absolute Gasteiger partial charge is 0.243 e. The number of hydrogen-bond donors (Lipinski definition) is 2. The summed E-state index contributed by atoms with van der Waals surface area (Å²) in [6.07, 6.45) is 3.07. The Kier molecular flexibility index (Phi) is 8.68. The maximum atomic E-state index is 11.6. The molecule has 10 heteroatoms. The summed E-state index contributed by atoms with van der Waals surface area (Å²) >= 11 is 0. The van der Waals surface area contributed by atoms with E-state index in [1.54, 1.807) is 39.8 Å². The highest BCUT2D eigenvalue weighted by molar-refractivity contribution is 7.89. The molecule has 156 valence electrons. The van der Waals surface area contributed by atoms with Crippen LogP contribution in [0.15, 0.2) is 46.7 Å². The normalized spacial score (nSPS) is 12.0. The average Bonchev–Trinajstić information content (AvgIpc) is 2.54. The van der Waals surface area contributed by atoms with Crippen molar-refractivity contribution >= 4 is 20.0 Å². The molecule has 2 aromatic heterocycles. The molecule has 0 spiro atoms. The first-order valence-electron chi connectivity index (χ1n) is 8.73. The van der Waals surface area contributed by atoms with Crippen molar-refractivity contribution in [2.24, 2.45) is 0 Å². The lowest BCUT2D eigenvalue weighted by Gasteiger charge is -2.08. The third-order valence-electron chi connectivity index (χ3n) is 3.10. The maximum Gasteiger partial charge on any atom is 0.258 e. The second-order valence-corrected chi connectivity index (χ2v) is 10.2. The number of pyridine rings is 2. The van der Waals surface area contributed by atoms with Gasteiger partial charge < -0.3 is 0 Å². The van der Waals surface area contributed by atoms with Crippen molar-refractivity contribution < 1.29 is 16.8 Å². The van der Waals surface area contributed by atoms with Crippen LogP contribution in [-0.4, -0.2) is 38.9 Å². The largest absolute Gasteiger partial charge is 0.258 e. The molecule has 2 rings (SSSR count). The molecular weight excluding hydrogens is 400 g/mol. The lowest BCUT2D eigenvalue weighted by atomic mass is 10.3. The summed E-state index contributed by atoms with van der Waals surface area (Å²) in [5.74, 6) is 0. The van der Waals surface area contributed by atoms with Gasteiger partial charge in [0.15, 0.2) is 10.1 Å². The predicted molar refractivity (Wildman–Crippen MR) is 109 cm³/mol. The van der Waals surface area contributed by atoms with Gasteiger partial charge in [-0.2, -0.15) is 0 Å². The van der Waals surface area contributed by atoms with Crippen LogP contribution in [0.4, 0.5) is 0 Å². The topological polar surface area (TPSA) is 118 Å². The Labute approximate surface area is 167 Å². The van der Waals surface area contributed by atoms with Crippen LogP contribution in [0.1, 0.15) is 38.8 Å². The van der Waals surface area contributed by atoms with Crippen LogP contribution in [0.25, 0.3) is 0 Å². The quantitative estimate of drug-likeness (QED) is 0.728. The molecule has 0 saturated heterocycles. The van der Waals surface area contributed by atoms with Crippen molar-refractivity contribution in [3.63, 3.8) is 0 Å². The standard InChI is InChI=1S/2C9H14N2O2S/c2*1-7(2)11-14(12,13)9-5-4-8(3)6-10-9/h2*4-7,11H,1-3H3. The zero-order chi connectivity index (χ0) is 21.5. The molecule has 28 heavy (non-hydrogen) atoms. The molecule has 0 aromatic carbocycles. The van der Waals surface area contributed by atoms with Crippen LogP contribution in [0.2, 0.25) is 0 Å². The molecule has 0 amide bonds. The van der Waals surface area contributed by atoms with Crippen LogP contribution in [0.3, 0.4) is 0 Å². The number of nitrogens with zero attached hydrogens (tertiary/aromatic N) is 2. The van der Waals surface area contributed by atoms with Gasteiger partial charge in [-0.05, 0) is 64.8 Å². The minimum absolute atomic E-state index is 0.0665. The Balaban J connectivity index is 0.000000280. The second-order valence-electron chi connectivity index (χ2n) is 6.90. The summed E-state index contributed by atoms with van der Waals surface area (Å²) in [4.78, 5) is 7.71. The van der Waals surface area contributed by atoms with Crippen LogP contribution in [0, 0.1) is 13.8 Å². The summed E-state index contributed by atoms with van der Waals surface area (Å²) in [5, 5.41) is 0.133. The van der Waals surface area contributed by atoms with Crippen molar-refractivity contribution in [3.05, 3.63) is 47.8 Å². The molecule has 8 nitrogen and oxygen atoms in total. The lowest BCUT2D eigenvalue weighted by molar-refractivity contribution is 0.564. The van der Waals surface area contributed by atoms with Gasteiger partial charge in [0.05, 0.1) is 0 Å². The molecule has 2 aromatic rings. The zero-order valence-electron chi connectivity index (χ0n) is 17.0. The minimum Gasteiger partial charge on any atom is -0.243 e. The maximum absolute atomic E-state index is 11.6. The number of aromatic nitrogens is 2. The highest BCUT2D eigenvalue weighted by atomic mass is 32.2. The molecule has 0 bridgehead atoms. The monoisotopic (exact) mass is 428 g/mol. The average molecular weight is 429 g/mol. The molecule has 0 atom stereocenters. The van der Waals surface area contributed by atoms with E-state index in [0.717, 1.165) is 11.1 Å². The predicted octanol–water partition coefficient (Wildman–Crippen LogP) is 2.15. The number of aryl methyl sites for hydroxylation is 2. The summed E-state index contributed by atoms with van der Waals surface area (Å²) in [6, 6.07) is 6.20. The van der Waals surface area contributed by atoms with Crippen LogP contribution in [-0.2, 0) is 20.0 Å². The fraction of sp³-hybridized carbons (Fsp3) is 0.444. The highest BCUT2D eigenvalue weighted by Gasteiger charge is 2.16. The van der Waals surface area contributed by atoms with E-state index < -0.39 is 20.0 Å². The summed E-state index contributed by atoms with van der Waals surface area (Å²) in [6.45, 7) is 10.8. The fourth-order valence-electron chi connectivity index (χ4n) is 1.97. The van der Waals surface area contributed by atoms with E-state index in [9.17, 15) is 16.8 Å². The molecular formula is C18H28N4O4S2. The second kappa shape index (κ2) is 10.1. The van der Waals surface area contributed by atoms with Gasteiger partial charge in [-0.3, -0.25) is 0 Å². The first-order valence-corrected chi connectivity index (χ1v) is 11.7. The fourth-order valence-corrected chi connectivity index (χ4v) is 4.33. The van der Waals surface area contributed by atoms with Gasteiger partial charge in [-0.25, -0.2) is 36.2 Å². The van der Waals surface area contributed by atoms with E-state index in [4.69, 9.17) is 0 Å². The summed E-state index contributed by atoms with van der Waals surface area (Å²) < 4.78 is 51.3. The Morgan fingerprint density at radius 3 is 1.21 bits per heavy atom. The number of rotatable bonds is 6. The first kappa shape index (κ1) is 24.2. The third-order valence-corrected chi connectivity index (χ3v) is 6.25. The van der Waals surface area contributed by atoms with Crippen LogP contribution in [0.5, 0.6) is 0 Å². The molecule has 0 unspecified atom stereocenters. The van der Waals surface area contributed by atoms with Crippen molar-refractivity contribution in [1.29, 1.82) is 0 Å². The van der Waals surface area contributed by atoms with Gasteiger partial charge >= 0.3 is 0 Å². The molecule has 0 aliphatic rings. The third kappa shape index (κ3) is 8.01. The summed E-state index contributed by atoms with van der Waals surface area (Å²) in [7, 11) is -6.87. The van der Waals surface area contributed by atoms with Gasteiger partial charge in [0.25, 0.3) is 20.0 Å². The van der Waals surface area contributed by atoms with E-state index >= 15 is 0 Å². The molecule has 0 radical (unpaired) electrons. The molecule has 2 heterocycles. The number of sulfonamides is 2. The molecule has 2 N–H and O–H groups in total. The molecule has 0 fully saturated rings. The Hall–Kier alpha value is -1.88. The van der Waals surface area contributed by atoms with Gasteiger partial charge in [0.1, 0.15) is 0 Å². The highest BCUT2D eigenvalue weighted by Crippen LogP contribution is 2.07. The SMILES string of the molecule is Cc1ccc(S(=O)(=O)NC(C)C)nc1.Cc1ccc(S(=O)(=O)NC(C)C)nc1. The van der Waals surface area contributed by atoms with Crippen molar-refractivity contribution in [2.75, 3.05) is 0 Å². The zero-order valence-corrected chi connectivity index (χ0v) is 18.6. The molecule has 0 aliphatic carbocycles. The Morgan fingerprint density at radius 2 is 1.00 bits per heavy atom. The molecule has 0 saturated carbocycles. The Bertz CT molecular complexity index is 872. The summed E-state index contributed by atoms with van der Waals surface area (Å²) in [5.41, 5.74) is 1.88. The van der Waals surface area contributed by atoms with Crippen LogP contribution >= 0.6 is 0 Å². The Morgan fingerprint density at radius 1 is 0.679 bits per heavy atom. The van der Waals surface area contributed by atoms with Gasteiger partial charge in [0, 0.05) is 24.5 Å². The van der Waals surface area contributed by atoms with E-state index in [-0.39, 0.29) is 22.1 Å². The van der Waals surface area contributed by atoms with Gasteiger partial charge in [-0.15, -0.1) is 0 Å². The van der Waals surface area contributed by atoms with Gasteiger partial charge in [0.2, 0.25) is 0 Å². The molecule has 0 aliphatic heterocycles.